The quantitative estimate of drug-likeness (QED) is 0.715. The first-order valence-corrected chi connectivity index (χ1v) is 5.70. The van der Waals surface area contributed by atoms with Crippen molar-refractivity contribution in [1.82, 2.24) is 0 Å². The van der Waals surface area contributed by atoms with Crippen LogP contribution < -0.4 is 4.74 Å². The Labute approximate surface area is 105 Å². The molecule has 0 fully saturated rings. The van der Waals surface area contributed by atoms with Gasteiger partial charge >= 0.3 is 5.97 Å². The molecule has 0 saturated carbocycles. The maximum atomic E-state index is 10.8. The van der Waals surface area contributed by atoms with Crippen molar-refractivity contribution in [2.24, 2.45) is 0 Å². The standard InChI is InChI=1S/C13H16O5/c1-2-18-11-6-5-9(4-3-7-14)8-10(11)12(15)13(16)17/h5-8,12,15H,2-4H2,1H3,(H,16,17). The molecule has 1 unspecified atom stereocenters. The molecule has 1 aromatic carbocycles. The van der Waals surface area contributed by atoms with Crippen LogP contribution in [0.15, 0.2) is 18.2 Å². The molecule has 0 aliphatic rings. The van der Waals surface area contributed by atoms with Crippen molar-refractivity contribution in [3.05, 3.63) is 29.3 Å². The van der Waals surface area contributed by atoms with E-state index in [1.807, 2.05) is 0 Å². The largest absolute Gasteiger partial charge is 0.493 e. The third-order valence-corrected chi connectivity index (χ3v) is 2.45. The zero-order valence-electron chi connectivity index (χ0n) is 10.1. The summed E-state index contributed by atoms with van der Waals surface area (Å²) in [4.78, 5) is 21.1. The van der Waals surface area contributed by atoms with Crippen LogP contribution in [0, 0.1) is 0 Å². The Hall–Kier alpha value is -1.88. The maximum absolute atomic E-state index is 10.8. The van der Waals surface area contributed by atoms with Crippen molar-refractivity contribution in [2.45, 2.75) is 25.9 Å². The number of aryl methyl sites for hydroxylation is 1. The van der Waals surface area contributed by atoms with Gasteiger partial charge in [0.1, 0.15) is 12.0 Å². The molecule has 0 aliphatic carbocycles. The molecule has 98 valence electrons. The van der Waals surface area contributed by atoms with Crippen LogP contribution in [0.5, 0.6) is 5.75 Å². The van der Waals surface area contributed by atoms with Crippen molar-refractivity contribution < 1.29 is 24.5 Å². The van der Waals surface area contributed by atoms with E-state index in [0.717, 1.165) is 11.8 Å². The van der Waals surface area contributed by atoms with E-state index >= 15 is 0 Å². The SMILES string of the molecule is CCOc1ccc(CCC=O)cc1C(O)C(=O)O. The Morgan fingerprint density at radius 1 is 1.50 bits per heavy atom. The van der Waals surface area contributed by atoms with E-state index < -0.39 is 12.1 Å². The monoisotopic (exact) mass is 252 g/mol. The topological polar surface area (TPSA) is 83.8 Å². The predicted molar refractivity (Wildman–Crippen MR) is 64.6 cm³/mol. The third-order valence-electron chi connectivity index (χ3n) is 2.45. The Bertz CT molecular complexity index is 427. The molecule has 0 aliphatic heterocycles. The zero-order valence-corrected chi connectivity index (χ0v) is 10.1. The van der Waals surface area contributed by atoms with Crippen LogP contribution in [-0.2, 0) is 16.0 Å². The van der Waals surface area contributed by atoms with Gasteiger partial charge in [-0.2, -0.15) is 0 Å². The fourth-order valence-corrected chi connectivity index (χ4v) is 1.61. The summed E-state index contributed by atoms with van der Waals surface area (Å²) in [6.07, 6.45) is 0.0398. The van der Waals surface area contributed by atoms with E-state index in [2.05, 4.69) is 0 Å². The van der Waals surface area contributed by atoms with Crippen LogP contribution in [0.1, 0.15) is 30.6 Å². The van der Waals surface area contributed by atoms with E-state index in [9.17, 15) is 14.7 Å². The molecule has 5 nitrogen and oxygen atoms in total. The second-order valence-electron chi connectivity index (χ2n) is 3.75. The Morgan fingerprint density at radius 3 is 2.78 bits per heavy atom. The van der Waals surface area contributed by atoms with Crippen molar-refractivity contribution >= 4 is 12.3 Å². The first-order chi connectivity index (χ1) is 8.60. The summed E-state index contributed by atoms with van der Waals surface area (Å²) in [7, 11) is 0. The van der Waals surface area contributed by atoms with Crippen LogP contribution >= 0.6 is 0 Å². The smallest absolute Gasteiger partial charge is 0.337 e. The highest BCUT2D eigenvalue weighted by molar-refractivity contribution is 5.75. The van der Waals surface area contributed by atoms with Gasteiger partial charge in [-0.1, -0.05) is 6.07 Å². The highest BCUT2D eigenvalue weighted by atomic mass is 16.5. The van der Waals surface area contributed by atoms with E-state index in [4.69, 9.17) is 9.84 Å². The van der Waals surface area contributed by atoms with Gasteiger partial charge < -0.3 is 19.7 Å². The van der Waals surface area contributed by atoms with Gasteiger partial charge in [0, 0.05) is 12.0 Å². The van der Waals surface area contributed by atoms with Crippen molar-refractivity contribution in [2.75, 3.05) is 6.61 Å². The summed E-state index contributed by atoms with van der Waals surface area (Å²) >= 11 is 0. The second kappa shape index (κ2) is 6.76. The number of hydrogen-bond donors (Lipinski definition) is 2. The number of ether oxygens (including phenoxy) is 1. The van der Waals surface area contributed by atoms with E-state index in [0.29, 0.717) is 25.2 Å². The second-order valence-corrected chi connectivity index (χ2v) is 3.75. The number of benzene rings is 1. The van der Waals surface area contributed by atoms with Crippen LogP contribution in [0.3, 0.4) is 0 Å². The van der Waals surface area contributed by atoms with E-state index in [1.54, 1.807) is 25.1 Å². The van der Waals surface area contributed by atoms with Gasteiger partial charge in [0.15, 0.2) is 6.10 Å². The van der Waals surface area contributed by atoms with Gasteiger partial charge in [0.05, 0.1) is 6.61 Å². The number of rotatable bonds is 7. The molecule has 0 amide bonds. The molecule has 0 saturated heterocycles. The highest BCUT2D eigenvalue weighted by Crippen LogP contribution is 2.27. The third kappa shape index (κ3) is 3.56. The van der Waals surface area contributed by atoms with Crippen molar-refractivity contribution in [3.8, 4) is 5.75 Å². The molecule has 0 spiro atoms. The number of aldehydes is 1. The number of aliphatic hydroxyl groups is 1. The average Bonchev–Trinajstić information content (AvgIpc) is 2.36. The number of aliphatic hydroxyl groups excluding tert-OH is 1. The van der Waals surface area contributed by atoms with Gasteiger partial charge in [-0.3, -0.25) is 0 Å². The lowest BCUT2D eigenvalue weighted by Crippen LogP contribution is -2.12. The maximum Gasteiger partial charge on any atom is 0.337 e. The zero-order chi connectivity index (χ0) is 13.5. The van der Waals surface area contributed by atoms with Gasteiger partial charge in [-0.15, -0.1) is 0 Å². The summed E-state index contributed by atoms with van der Waals surface area (Å²) < 4.78 is 5.27. The molecule has 0 radical (unpaired) electrons. The van der Waals surface area contributed by atoms with E-state index in [1.165, 1.54) is 0 Å². The Morgan fingerprint density at radius 2 is 2.22 bits per heavy atom. The number of carboxylic acids is 1. The molecule has 18 heavy (non-hydrogen) atoms. The minimum atomic E-state index is -1.62. The summed E-state index contributed by atoms with van der Waals surface area (Å²) in [5, 5.41) is 18.4. The number of aliphatic carboxylic acids is 1. The van der Waals surface area contributed by atoms with Crippen molar-refractivity contribution in [3.63, 3.8) is 0 Å². The minimum Gasteiger partial charge on any atom is -0.493 e. The van der Waals surface area contributed by atoms with Crippen molar-refractivity contribution in [1.29, 1.82) is 0 Å². The highest BCUT2D eigenvalue weighted by Gasteiger charge is 2.20. The molecule has 0 bridgehead atoms. The fraction of sp³-hybridized carbons (Fsp3) is 0.385. The average molecular weight is 252 g/mol. The van der Waals surface area contributed by atoms with Crippen LogP contribution in [0.25, 0.3) is 0 Å². The van der Waals surface area contributed by atoms with Crippen LogP contribution in [0.2, 0.25) is 0 Å². The predicted octanol–water partition coefficient (Wildman–Crippen LogP) is 1.33. The molecular weight excluding hydrogens is 236 g/mol. The summed E-state index contributed by atoms with van der Waals surface area (Å²) in [5.41, 5.74) is 1.01. The number of hydrogen-bond acceptors (Lipinski definition) is 4. The fourth-order valence-electron chi connectivity index (χ4n) is 1.61. The molecule has 5 heteroatoms. The number of carboxylic acid groups (broad SMARTS) is 1. The summed E-state index contributed by atoms with van der Waals surface area (Å²) in [6.45, 7) is 2.16. The van der Waals surface area contributed by atoms with Gasteiger partial charge in [0.25, 0.3) is 0 Å². The normalized spacial score (nSPS) is 11.9. The first kappa shape index (κ1) is 14.2. The summed E-state index contributed by atoms with van der Waals surface area (Å²) in [6, 6.07) is 4.94. The van der Waals surface area contributed by atoms with Crippen LogP contribution in [0.4, 0.5) is 0 Å². The number of carbonyl (C=O) groups excluding carboxylic acids is 1. The molecule has 2 N–H and O–H groups in total. The molecule has 1 aromatic rings. The van der Waals surface area contributed by atoms with Gasteiger partial charge in [-0.25, -0.2) is 4.79 Å². The summed E-state index contributed by atoms with van der Waals surface area (Å²) in [5.74, 6) is -0.981. The lowest BCUT2D eigenvalue weighted by Gasteiger charge is -2.14. The molecular formula is C13H16O5. The van der Waals surface area contributed by atoms with Gasteiger partial charge in [-0.05, 0) is 31.0 Å². The molecule has 1 rings (SSSR count). The van der Waals surface area contributed by atoms with Crippen LogP contribution in [-0.4, -0.2) is 29.1 Å². The Balaban J connectivity index is 3.06. The molecule has 1 atom stereocenters. The molecule has 0 heterocycles. The first-order valence-electron chi connectivity index (χ1n) is 5.70. The number of carbonyl (C=O) groups is 2. The molecule has 0 aromatic heterocycles. The van der Waals surface area contributed by atoms with Gasteiger partial charge in [0.2, 0.25) is 0 Å². The lowest BCUT2D eigenvalue weighted by atomic mass is 10.0. The Kier molecular flexibility index (Phi) is 5.32. The van der Waals surface area contributed by atoms with E-state index in [-0.39, 0.29) is 5.56 Å². The lowest BCUT2D eigenvalue weighted by molar-refractivity contribution is -0.147. The minimum absolute atomic E-state index is 0.216.